The topological polar surface area (TPSA) is 11.4 Å². The highest BCUT2D eigenvalue weighted by Crippen LogP contribution is 2.68. The summed E-state index contributed by atoms with van der Waals surface area (Å²) < 4.78 is 78.7. The molecule has 4 heteroatoms. The van der Waals surface area contributed by atoms with Crippen molar-refractivity contribution in [1.29, 1.82) is 0 Å². The second kappa shape index (κ2) is 21.0. The van der Waals surface area contributed by atoms with E-state index < -0.39 is 59.2 Å². The normalized spacial score (nSPS) is 14.6. The van der Waals surface area contributed by atoms with Gasteiger partial charge in [-0.3, -0.25) is 0 Å². The Kier molecular flexibility index (Phi) is 10.3. The molecule has 0 bridgehead atoms. The first kappa shape index (κ1) is 47.0. The van der Waals surface area contributed by atoms with Gasteiger partial charge in [-0.15, -0.1) is 0 Å². The van der Waals surface area contributed by atoms with Crippen molar-refractivity contribution in [2.45, 2.75) is 10.8 Å². The molecule has 448 valence electrons. The molecule has 2 spiro atoms. The zero-order chi connectivity index (χ0) is 70.2. The van der Waals surface area contributed by atoms with Gasteiger partial charge in [0.25, 0.3) is 0 Å². The highest BCUT2D eigenvalue weighted by atomic mass is 35.5. The highest BCUT2D eigenvalue weighted by molar-refractivity contribution is 6.37. The fourth-order valence-corrected chi connectivity index (χ4v) is 17.3. The van der Waals surface area contributed by atoms with Crippen molar-refractivity contribution in [1.82, 2.24) is 4.57 Å². The third-order valence-corrected chi connectivity index (χ3v) is 21.1. The van der Waals surface area contributed by atoms with Gasteiger partial charge in [-0.1, -0.05) is 303 Å². The Morgan fingerprint density at radius 2 is 0.573 bits per heavy atom. The maximum absolute atomic E-state index is 10.1. The molecule has 3 nitrogen and oxygen atoms in total. The molecule has 20 rings (SSSR count). The Morgan fingerprint density at radius 1 is 0.281 bits per heavy atom. The summed E-state index contributed by atoms with van der Waals surface area (Å²) in [6.07, 6.45) is 0. The van der Waals surface area contributed by atoms with E-state index in [4.69, 9.17) is 11.6 Å². The molecule has 0 saturated carbocycles. The number of benzene rings is 15. The molecule has 96 heavy (non-hydrogen) atoms. The van der Waals surface area contributed by atoms with Gasteiger partial charge in [-0.2, -0.15) is 0 Å². The first-order valence-electron chi connectivity index (χ1n) is 36.5. The Balaban J connectivity index is 0.970. The van der Waals surface area contributed by atoms with Crippen molar-refractivity contribution in [3.63, 3.8) is 0 Å². The van der Waals surface area contributed by atoms with Crippen molar-refractivity contribution >= 4 is 67.5 Å². The monoisotopic (exact) mass is 1250 g/mol. The predicted molar refractivity (Wildman–Crippen MR) is 399 cm³/mol. The van der Waals surface area contributed by atoms with Gasteiger partial charge in [-0.05, 0) is 161 Å². The quantitative estimate of drug-likeness (QED) is 0.143. The average molecular weight is 1250 g/mol. The van der Waals surface area contributed by atoms with Gasteiger partial charge < -0.3 is 14.4 Å². The van der Waals surface area contributed by atoms with Crippen LogP contribution in [0.4, 0.5) is 34.1 Å². The largest absolute Gasteiger partial charge is 0.309 e. The number of halogens is 1. The van der Waals surface area contributed by atoms with Gasteiger partial charge in [0.1, 0.15) is 0 Å². The van der Waals surface area contributed by atoms with Crippen molar-refractivity contribution < 1.29 is 11.0 Å². The zero-order valence-corrected chi connectivity index (χ0v) is 52.3. The van der Waals surface area contributed by atoms with E-state index in [1.807, 2.05) is 48.5 Å². The Bertz CT molecular complexity index is 5860. The van der Waals surface area contributed by atoms with Gasteiger partial charge in [0.05, 0.1) is 66.3 Å². The maximum Gasteiger partial charge on any atom is 0.0888 e. The van der Waals surface area contributed by atoms with Crippen molar-refractivity contribution in [2.75, 3.05) is 9.80 Å². The summed E-state index contributed by atoms with van der Waals surface area (Å²) in [6.45, 7) is 0. The van der Waals surface area contributed by atoms with E-state index in [0.29, 0.717) is 22.1 Å². The van der Waals surface area contributed by atoms with E-state index in [9.17, 15) is 11.0 Å². The summed E-state index contributed by atoms with van der Waals surface area (Å²) in [7, 11) is 0. The summed E-state index contributed by atoms with van der Waals surface area (Å²) in [5.41, 5.74) is 23.9. The van der Waals surface area contributed by atoms with Crippen LogP contribution in [0, 0.1) is 0 Å². The van der Waals surface area contributed by atoms with Crippen LogP contribution in [0.2, 0.25) is 5.02 Å². The minimum absolute atomic E-state index is 0.0295. The van der Waals surface area contributed by atoms with E-state index in [1.165, 1.54) is 0 Å². The smallest absolute Gasteiger partial charge is 0.0888 e. The van der Waals surface area contributed by atoms with Crippen LogP contribution >= 0.6 is 11.6 Å². The highest BCUT2D eigenvalue weighted by Gasteiger charge is 2.55. The summed E-state index contributed by atoms with van der Waals surface area (Å²) in [4.78, 5) is 4.48. The van der Waals surface area contributed by atoms with E-state index in [-0.39, 0.29) is 21.8 Å². The number of rotatable bonds is 9. The summed E-state index contributed by atoms with van der Waals surface area (Å²) >= 11 is 9.00. The lowest BCUT2D eigenvalue weighted by atomic mass is 9.70. The first-order chi connectivity index (χ1) is 50.9. The van der Waals surface area contributed by atoms with E-state index >= 15 is 0 Å². The second-order valence-corrected chi connectivity index (χ2v) is 25.6. The van der Waals surface area contributed by atoms with E-state index in [0.717, 1.165) is 134 Å². The molecule has 0 atom stereocenters. The fraction of sp³-hybridized carbons (Fsp3) is 0.0217. The lowest BCUT2D eigenvalue weighted by molar-refractivity contribution is 0.792. The SMILES string of the molecule is [2H]c1c([2H])c([2H])c2c(c1[2H])c1c([2H])c([2H])c([2H])c([2H])c1n2-c1cc(N(c2ccc(-c3ccccc3)cc2)c2cccc3c2C2(c4ccccc4-c4ccccc42)c2ccccc2-3)c(Cl)c(N(c2ccc(-c3ccccc3)cc2)c2cccc3c2C2(c4ccccc4-c4ccccc42)c2ccccc2-3)c1. The van der Waals surface area contributed by atoms with Crippen LogP contribution in [0.3, 0.4) is 0 Å². The van der Waals surface area contributed by atoms with Crippen LogP contribution in [-0.4, -0.2) is 4.57 Å². The molecule has 0 N–H and O–H groups in total. The van der Waals surface area contributed by atoms with Crippen LogP contribution in [-0.2, 0) is 10.8 Å². The Hall–Kier alpha value is -12.0. The number of anilines is 6. The third kappa shape index (κ3) is 7.49. The van der Waals surface area contributed by atoms with Crippen LogP contribution in [0.15, 0.2) is 352 Å². The van der Waals surface area contributed by atoms with Gasteiger partial charge in [0, 0.05) is 33.3 Å². The number of para-hydroxylation sites is 2. The Morgan fingerprint density at radius 3 is 0.927 bits per heavy atom. The minimum atomic E-state index is -0.891. The number of hydrogen-bond acceptors (Lipinski definition) is 2. The van der Waals surface area contributed by atoms with Gasteiger partial charge in [0.2, 0.25) is 0 Å². The molecule has 0 fully saturated rings. The van der Waals surface area contributed by atoms with Crippen LogP contribution in [0.5, 0.6) is 0 Å². The molecule has 1 heterocycles. The van der Waals surface area contributed by atoms with Gasteiger partial charge in [0.15, 0.2) is 0 Å². The molecule has 0 amide bonds. The number of hydrogen-bond donors (Lipinski definition) is 0. The molecular formula is C92H58ClN3. The molecule has 4 aliphatic rings. The molecule has 0 aliphatic heterocycles. The molecule has 1 aromatic heterocycles. The minimum Gasteiger partial charge on any atom is -0.309 e. The average Bonchev–Trinajstić information content (AvgIpc) is 1.51. The Labute approximate surface area is 574 Å². The van der Waals surface area contributed by atoms with Crippen LogP contribution < -0.4 is 9.80 Å². The zero-order valence-electron chi connectivity index (χ0n) is 59.6. The molecule has 16 aromatic rings. The first-order valence-corrected chi connectivity index (χ1v) is 32.9. The predicted octanol–water partition coefficient (Wildman–Crippen LogP) is 24.4. The molecule has 4 aliphatic carbocycles. The van der Waals surface area contributed by atoms with Gasteiger partial charge in [-0.25, -0.2) is 0 Å². The van der Waals surface area contributed by atoms with Crippen LogP contribution in [0.25, 0.3) is 94.3 Å². The maximum atomic E-state index is 10.1. The van der Waals surface area contributed by atoms with Gasteiger partial charge >= 0.3 is 0 Å². The van der Waals surface area contributed by atoms with E-state index in [2.05, 4.69) is 265 Å². The molecule has 0 unspecified atom stereocenters. The van der Waals surface area contributed by atoms with E-state index in [1.54, 1.807) is 4.57 Å². The third-order valence-electron chi connectivity index (χ3n) is 20.7. The molecule has 0 radical (unpaired) electrons. The van der Waals surface area contributed by atoms with Crippen molar-refractivity contribution in [2.24, 2.45) is 0 Å². The summed E-state index contributed by atoms with van der Waals surface area (Å²) in [5.74, 6) is 0. The second-order valence-electron chi connectivity index (χ2n) is 25.3. The number of aromatic nitrogens is 1. The number of fused-ring (bicyclic) bond motifs is 23. The van der Waals surface area contributed by atoms with Crippen molar-refractivity contribution in [3.05, 3.63) is 401 Å². The standard InChI is InChI=1S/C92H58ClN3/c93-90-86(94(63-53-49-61(50-54-63)59-25-3-1-4-26-59)84-47-23-37-74-70-33-11-19-43-80(70)91(88(74)84)76-39-15-7-29-66(76)67-30-8-16-40-77(67)91)57-65(96-82-45-21-13-35-72(82)73-36-14-22-46-83(73)96)58-87(90)95(64-55-51-62(52-56-64)60-27-5-2-6-28-60)85-48-24-38-75-71-34-12-20-44-81(71)92(89(75)85)78-41-17-9-31-68(78)69-32-10-18-42-79(69)92/h1-58H/i13D,14D,21D,22D,35D,36D,45D,46D. The lowest BCUT2D eigenvalue weighted by Gasteiger charge is -2.38. The molecular weight excluding hydrogens is 1180 g/mol. The summed E-state index contributed by atoms with van der Waals surface area (Å²) in [6, 6.07) is 103. The van der Waals surface area contributed by atoms with Crippen molar-refractivity contribution in [3.8, 4) is 72.4 Å². The molecule has 15 aromatic carbocycles. The fourth-order valence-electron chi connectivity index (χ4n) is 17.0. The lowest BCUT2D eigenvalue weighted by Crippen LogP contribution is -2.29. The number of nitrogens with zero attached hydrogens (tertiary/aromatic N) is 3. The van der Waals surface area contributed by atoms with Crippen LogP contribution in [0.1, 0.15) is 55.5 Å². The summed E-state index contributed by atoms with van der Waals surface area (Å²) in [5, 5.41) is 0.202. The molecule has 0 saturated heterocycles.